The van der Waals surface area contributed by atoms with E-state index in [-0.39, 0.29) is 0 Å². The summed E-state index contributed by atoms with van der Waals surface area (Å²) >= 11 is 7.06. The van der Waals surface area contributed by atoms with Crippen LogP contribution in [0.5, 0.6) is 0 Å². The highest BCUT2D eigenvalue weighted by Gasteiger charge is 2.25. The zero-order valence-corrected chi connectivity index (χ0v) is 19.8. The van der Waals surface area contributed by atoms with E-state index >= 15 is 0 Å². The van der Waals surface area contributed by atoms with Gasteiger partial charge >= 0.3 is 0 Å². The van der Waals surface area contributed by atoms with E-state index in [1.165, 1.54) is 10.1 Å². The van der Waals surface area contributed by atoms with E-state index in [1.54, 1.807) is 11.5 Å². The number of piperazine rings is 1. The zero-order valence-electron chi connectivity index (χ0n) is 18.2. The molecule has 2 N–H and O–H groups in total. The van der Waals surface area contributed by atoms with Crippen LogP contribution in [0.25, 0.3) is 10.1 Å². The highest BCUT2D eigenvalue weighted by atomic mass is 32.1. The smallest absolute Gasteiger partial charge is 0.229 e. The molecule has 32 heavy (non-hydrogen) atoms. The second kappa shape index (κ2) is 8.95. The van der Waals surface area contributed by atoms with E-state index < -0.39 is 0 Å². The van der Waals surface area contributed by atoms with Gasteiger partial charge in [0, 0.05) is 49.0 Å². The van der Waals surface area contributed by atoms with Gasteiger partial charge in [-0.1, -0.05) is 12.1 Å². The molecule has 3 aromatic rings. The van der Waals surface area contributed by atoms with Crippen molar-refractivity contribution >= 4 is 56.7 Å². The molecule has 1 saturated carbocycles. The quantitative estimate of drug-likeness (QED) is 0.346. The zero-order chi connectivity index (χ0) is 22.1. The van der Waals surface area contributed by atoms with Crippen LogP contribution in [0.2, 0.25) is 0 Å². The summed E-state index contributed by atoms with van der Waals surface area (Å²) in [6, 6.07) is 10.8. The van der Waals surface area contributed by atoms with Crippen molar-refractivity contribution in [2.75, 3.05) is 36.4 Å². The maximum atomic E-state index is 5.50. The molecule has 1 saturated heterocycles. The van der Waals surface area contributed by atoms with Crippen molar-refractivity contribution in [1.29, 1.82) is 0 Å². The highest BCUT2D eigenvalue weighted by Crippen LogP contribution is 2.30. The van der Waals surface area contributed by atoms with E-state index in [9.17, 15) is 0 Å². The summed E-state index contributed by atoms with van der Waals surface area (Å²) in [5.41, 5.74) is 1.83. The molecule has 2 aliphatic rings. The van der Waals surface area contributed by atoms with Crippen LogP contribution in [-0.2, 0) is 0 Å². The fraction of sp³-hybridized carbons (Fsp3) is 0.409. The van der Waals surface area contributed by atoms with Crippen LogP contribution in [0.15, 0.2) is 35.3 Å². The van der Waals surface area contributed by atoms with E-state index in [0.29, 0.717) is 23.1 Å². The number of aromatic nitrogens is 3. The minimum Gasteiger partial charge on any atom is -0.358 e. The SMILES string of the molecule is Cc1cc(C)nc(N/C(=N/C(=S)NC2CC2)N2CCN(c3nsc4ccccc34)CC2)n1. The van der Waals surface area contributed by atoms with Gasteiger partial charge in [0.05, 0.1) is 4.70 Å². The van der Waals surface area contributed by atoms with Gasteiger partial charge in [-0.15, -0.1) is 0 Å². The van der Waals surface area contributed by atoms with Crippen LogP contribution in [0.1, 0.15) is 24.2 Å². The first-order chi connectivity index (χ1) is 15.5. The second-order valence-corrected chi connectivity index (χ2v) is 9.43. The summed E-state index contributed by atoms with van der Waals surface area (Å²) in [5, 5.41) is 8.35. The van der Waals surface area contributed by atoms with Crippen LogP contribution in [-0.4, -0.2) is 62.5 Å². The number of aliphatic imine (C=N–C) groups is 1. The average Bonchev–Trinajstić information content (AvgIpc) is 3.47. The lowest BCUT2D eigenvalue weighted by atomic mass is 10.2. The van der Waals surface area contributed by atoms with Crippen LogP contribution in [0, 0.1) is 13.8 Å². The lowest BCUT2D eigenvalue weighted by molar-refractivity contribution is 0.384. The summed E-state index contributed by atoms with van der Waals surface area (Å²) < 4.78 is 5.94. The number of benzene rings is 1. The number of nitrogens with one attached hydrogen (secondary N) is 2. The van der Waals surface area contributed by atoms with Crippen LogP contribution in [0.4, 0.5) is 11.8 Å². The number of rotatable bonds is 3. The van der Waals surface area contributed by atoms with Crippen molar-refractivity contribution in [2.24, 2.45) is 4.99 Å². The predicted molar refractivity (Wildman–Crippen MR) is 135 cm³/mol. The molecular formula is C22H26N8S2. The Bertz CT molecular complexity index is 1140. The minimum absolute atomic E-state index is 0.458. The molecule has 166 valence electrons. The Hall–Kier alpha value is -2.85. The Morgan fingerprint density at radius 1 is 1.09 bits per heavy atom. The third-order valence-corrected chi connectivity index (χ3v) is 6.58. The lowest BCUT2D eigenvalue weighted by Crippen LogP contribution is -2.51. The largest absolute Gasteiger partial charge is 0.358 e. The van der Waals surface area contributed by atoms with E-state index in [4.69, 9.17) is 21.6 Å². The number of anilines is 2. The molecule has 1 aromatic carbocycles. The summed E-state index contributed by atoms with van der Waals surface area (Å²) in [7, 11) is 0. The van der Waals surface area contributed by atoms with Gasteiger partial charge in [0.15, 0.2) is 5.11 Å². The Morgan fingerprint density at radius 3 is 2.53 bits per heavy atom. The molecule has 8 nitrogen and oxygen atoms in total. The number of hydrogen-bond acceptors (Lipinski definition) is 6. The van der Waals surface area contributed by atoms with Gasteiger partial charge in [0.1, 0.15) is 5.82 Å². The molecule has 2 aromatic heterocycles. The molecular weight excluding hydrogens is 440 g/mol. The molecule has 1 aliphatic heterocycles. The van der Waals surface area contributed by atoms with Gasteiger partial charge in [0.25, 0.3) is 0 Å². The topological polar surface area (TPSA) is 81.6 Å². The summed E-state index contributed by atoms with van der Waals surface area (Å²) in [6.07, 6.45) is 2.30. The minimum atomic E-state index is 0.458. The first kappa shape index (κ1) is 21.0. The Kier molecular flexibility index (Phi) is 5.88. The average molecular weight is 467 g/mol. The van der Waals surface area contributed by atoms with Gasteiger partial charge < -0.3 is 15.1 Å². The fourth-order valence-corrected chi connectivity index (χ4v) is 4.87. The Balaban J connectivity index is 1.33. The molecule has 5 rings (SSSR count). The Labute approximate surface area is 196 Å². The van der Waals surface area contributed by atoms with Crippen molar-refractivity contribution in [3.05, 3.63) is 41.7 Å². The molecule has 0 amide bonds. The van der Waals surface area contributed by atoms with Crippen LogP contribution in [0.3, 0.4) is 0 Å². The standard InChI is InChI=1S/C22H26N8S2/c1-14-13-15(2)24-20(23-14)26-21(27-22(31)25-16-7-8-16)30-11-9-29(10-12-30)19-17-5-3-4-6-18(17)32-28-19/h3-6,13,16H,7-12H2,1-2H3,(H2,23,24,25,26,27,31). The third-order valence-electron chi connectivity index (χ3n) is 5.56. The number of guanidine groups is 1. The van der Waals surface area contributed by atoms with Gasteiger partial charge in [-0.05, 0) is 68.6 Å². The molecule has 0 radical (unpaired) electrons. The number of hydrogen-bond donors (Lipinski definition) is 2. The van der Waals surface area contributed by atoms with Gasteiger partial charge in [0.2, 0.25) is 11.9 Å². The molecule has 0 spiro atoms. The van der Waals surface area contributed by atoms with Gasteiger partial charge in [-0.25, -0.2) is 9.97 Å². The fourth-order valence-electron chi connectivity index (χ4n) is 3.82. The molecule has 0 atom stereocenters. The van der Waals surface area contributed by atoms with Crippen molar-refractivity contribution in [2.45, 2.75) is 32.7 Å². The van der Waals surface area contributed by atoms with Crippen LogP contribution >= 0.6 is 23.8 Å². The number of aryl methyl sites for hydroxylation is 2. The third kappa shape index (κ3) is 4.81. The van der Waals surface area contributed by atoms with E-state index in [0.717, 1.165) is 56.2 Å². The summed E-state index contributed by atoms with van der Waals surface area (Å²) in [4.78, 5) is 18.3. The first-order valence-electron chi connectivity index (χ1n) is 10.9. The van der Waals surface area contributed by atoms with Gasteiger partial charge in [-0.3, -0.25) is 5.32 Å². The van der Waals surface area contributed by atoms with Crippen molar-refractivity contribution in [3.63, 3.8) is 0 Å². The Morgan fingerprint density at radius 2 is 1.81 bits per heavy atom. The molecule has 2 fully saturated rings. The van der Waals surface area contributed by atoms with Gasteiger partial charge in [-0.2, -0.15) is 9.37 Å². The van der Waals surface area contributed by atoms with Crippen molar-refractivity contribution in [3.8, 4) is 0 Å². The number of fused-ring (bicyclic) bond motifs is 1. The van der Waals surface area contributed by atoms with Crippen LogP contribution < -0.4 is 15.5 Å². The maximum Gasteiger partial charge on any atom is 0.229 e. The van der Waals surface area contributed by atoms with E-state index in [2.05, 4.69) is 54.7 Å². The number of nitrogens with zero attached hydrogens (tertiary/aromatic N) is 6. The maximum absolute atomic E-state index is 5.50. The highest BCUT2D eigenvalue weighted by molar-refractivity contribution is 7.80. The molecule has 0 unspecified atom stereocenters. The monoisotopic (exact) mass is 466 g/mol. The molecule has 3 heterocycles. The predicted octanol–water partition coefficient (Wildman–Crippen LogP) is 3.33. The molecule has 10 heteroatoms. The van der Waals surface area contributed by atoms with Crippen molar-refractivity contribution < 1.29 is 0 Å². The van der Waals surface area contributed by atoms with Crippen molar-refractivity contribution in [1.82, 2.24) is 24.6 Å². The summed E-state index contributed by atoms with van der Waals surface area (Å²) in [5.74, 6) is 2.31. The summed E-state index contributed by atoms with van der Waals surface area (Å²) in [6.45, 7) is 7.23. The molecule has 1 aliphatic carbocycles. The second-order valence-electron chi connectivity index (χ2n) is 8.23. The first-order valence-corrected chi connectivity index (χ1v) is 12.1. The molecule has 0 bridgehead atoms. The normalized spacial score (nSPS) is 17.0. The lowest BCUT2D eigenvalue weighted by Gasteiger charge is -2.36. The number of thiocarbonyl (C=S) groups is 1. The van der Waals surface area contributed by atoms with E-state index in [1.807, 2.05) is 19.9 Å².